The Kier molecular flexibility index (Phi) is 6.79. The number of hydrogen-bond acceptors (Lipinski definition) is 2. The van der Waals surface area contributed by atoms with Gasteiger partial charge in [-0.3, -0.25) is 4.79 Å². The van der Waals surface area contributed by atoms with Gasteiger partial charge in [0.05, 0.1) is 6.26 Å². The summed E-state index contributed by atoms with van der Waals surface area (Å²) in [6, 6.07) is 0. The molecule has 0 amide bonds. The Balaban J connectivity index is 3.29. The van der Waals surface area contributed by atoms with Gasteiger partial charge in [-0.15, -0.1) is 0 Å². The van der Waals surface area contributed by atoms with Gasteiger partial charge in [0, 0.05) is 6.42 Å². The van der Waals surface area contributed by atoms with Crippen molar-refractivity contribution >= 4 is 5.97 Å². The van der Waals surface area contributed by atoms with E-state index in [0.717, 1.165) is 19.3 Å². The van der Waals surface area contributed by atoms with E-state index in [2.05, 4.69) is 6.92 Å². The fraction of sp³-hybridized carbons (Fsp3) is 0.667. The van der Waals surface area contributed by atoms with Crippen LogP contribution in [0.3, 0.4) is 0 Å². The molecular weight excluding hydrogens is 140 g/mol. The molecule has 0 radical (unpaired) electrons. The fourth-order valence-electron chi connectivity index (χ4n) is 0.622. The summed E-state index contributed by atoms with van der Waals surface area (Å²) in [6.07, 6.45) is 6.77. The number of hydrogen-bond donors (Lipinski definition) is 0. The molecule has 0 bridgehead atoms. The Morgan fingerprint density at radius 1 is 1.36 bits per heavy atom. The van der Waals surface area contributed by atoms with Crippen molar-refractivity contribution in [1.82, 2.24) is 0 Å². The van der Waals surface area contributed by atoms with Gasteiger partial charge in [-0.05, 0) is 18.9 Å². The maximum atomic E-state index is 10.7. The van der Waals surface area contributed by atoms with Crippen LogP contribution in [-0.2, 0) is 9.53 Å². The Bertz CT molecular complexity index is 128. The molecule has 0 aromatic rings. The minimum atomic E-state index is -0.139. The summed E-state index contributed by atoms with van der Waals surface area (Å²) in [5, 5.41) is 0. The van der Waals surface area contributed by atoms with Gasteiger partial charge in [-0.1, -0.05) is 20.3 Å². The summed E-state index contributed by atoms with van der Waals surface area (Å²) >= 11 is 0. The molecule has 0 atom stereocenters. The van der Waals surface area contributed by atoms with Crippen LogP contribution in [-0.4, -0.2) is 5.97 Å². The first-order valence-corrected chi connectivity index (χ1v) is 4.15. The van der Waals surface area contributed by atoms with Crippen molar-refractivity contribution < 1.29 is 9.53 Å². The minimum Gasteiger partial charge on any atom is -0.435 e. The third kappa shape index (κ3) is 7.10. The second-order valence-corrected chi connectivity index (χ2v) is 2.40. The number of rotatable bonds is 5. The molecule has 11 heavy (non-hydrogen) atoms. The zero-order valence-corrected chi connectivity index (χ0v) is 7.30. The number of carbonyl (C=O) groups is 1. The zero-order valence-electron chi connectivity index (χ0n) is 7.30. The lowest BCUT2D eigenvalue weighted by Gasteiger charge is -1.94. The van der Waals surface area contributed by atoms with E-state index in [1.807, 2.05) is 13.0 Å². The lowest BCUT2D eigenvalue weighted by Crippen LogP contribution is -1.97. The number of allylic oxidation sites excluding steroid dienone is 1. The highest BCUT2D eigenvalue weighted by Gasteiger charge is 1.95. The van der Waals surface area contributed by atoms with Gasteiger partial charge in [-0.25, -0.2) is 0 Å². The molecule has 2 nitrogen and oxygen atoms in total. The average Bonchev–Trinajstić information content (AvgIpc) is 1.99. The first kappa shape index (κ1) is 10.2. The van der Waals surface area contributed by atoms with Gasteiger partial charge >= 0.3 is 5.97 Å². The molecule has 0 rings (SSSR count). The van der Waals surface area contributed by atoms with Crippen LogP contribution in [0.4, 0.5) is 0 Å². The summed E-state index contributed by atoms with van der Waals surface area (Å²) in [5.41, 5.74) is 0. The summed E-state index contributed by atoms with van der Waals surface area (Å²) in [7, 11) is 0. The van der Waals surface area contributed by atoms with Gasteiger partial charge in [0.15, 0.2) is 0 Å². The Labute approximate surface area is 68.2 Å². The quantitative estimate of drug-likeness (QED) is 0.452. The highest BCUT2D eigenvalue weighted by Crippen LogP contribution is 1.93. The maximum Gasteiger partial charge on any atom is 0.310 e. The topological polar surface area (TPSA) is 26.3 Å². The second-order valence-electron chi connectivity index (χ2n) is 2.40. The molecule has 0 saturated heterocycles. The van der Waals surface area contributed by atoms with Crippen molar-refractivity contribution in [3.8, 4) is 0 Å². The lowest BCUT2D eigenvalue weighted by molar-refractivity contribution is -0.138. The highest BCUT2D eigenvalue weighted by molar-refractivity contribution is 5.69. The molecule has 0 aromatic carbocycles. The van der Waals surface area contributed by atoms with E-state index < -0.39 is 0 Å². The normalized spacial score (nSPS) is 10.4. The van der Waals surface area contributed by atoms with E-state index in [-0.39, 0.29) is 5.97 Å². The number of ether oxygens (including phenoxy) is 1. The van der Waals surface area contributed by atoms with Crippen molar-refractivity contribution in [3.05, 3.63) is 12.3 Å². The Hall–Kier alpha value is -0.790. The van der Waals surface area contributed by atoms with E-state index in [4.69, 9.17) is 4.74 Å². The monoisotopic (exact) mass is 156 g/mol. The summed E-state index contributed by atoms with van der Waals surface area (Å²) in [6.45, 7) is 4.04. The molecule has 0 aromatic heterocycles. The first-order chi connectivity index (χ1) is 5.31. The fourth-order valence-corrected chi connectivity index (χ4v) is 0.622. The van der Waals surface area contributed by atoms with Crippen molar-refractivity contribution in [3.63, 3.8) is 0 Å². The van der Waals surface area contributed by atoms with Gasteiger partial charge in [0.1, 0.15) is 0 Å². The lowest BCUT2D eigenvalue weighted by atomic mass is 10.3. The van der Waals surface area contributed by atoms with Crippen LogP contribution in [0.25, 0.3) is 0 Å². The summed E-state index contributed by atoms with van der Waals surface area (Å²) < 4.78 is 4.77. The largest absolute Gasteiger partial charge is 0.435 e. The highest BCUT2D eigenvalue weighted by atomic mass is 16.5. The van der Waals surface area contributed by atoms with E-state index in [9.17, 15) is 4.79 Å². The minimum absolute atomic E-state index is 0.139. The van der Waals surface area contributed by atoms with Crippen LogP contribution in [0.5, 0.6) is 0 Å². The van der Waals surface area contributed by atoms with Crippen LogP contribution in [0.2, 0.25) is 0 Å². The van der Waals surface area contributed by atoms with E-state index in [0.29, 0.717) is 6.42 Å². The van der Waals surface area contributed by atoms with Crippen LogP contribution < -0.4 is 0 Å². The van der Waals surface area contributed by atoms with E-state index >= 15 is 0 Å². The van der Waals surface area contributed by atoms with Gasteiger partial charge in [-0.2, -0.15) is 0 Å². The molecule has 0 heterocycles. The van der Waals surface area contributed by atoms with Crippen molar-refractivity contribution in [2.45, 2.75) is 39.5 Å². The number of esters is 1. The van der Waals surface area contributed by atoms with E-state index in [1.165, 1.54) is 6.26 Å². The van der Waals surface area contributed by atoms with Crippen LogP contribution in [0, 0.1) is 0 Å². The smallest absolute Gasteiger partial charge is 0.310 e. The molecule has 0 spiro atoms. The predicted octanol–water partition coefficient (Wildman–Crippen LogP) is 2.64. The molecular formula is C9H16O2. The molecule has 0 saturated carbocycles. The SMILES string of the molecule is CCCC=COC(=O)CCC. The first-order valence-electron chi connectivity index (χ1n) is 4.15. The molecule has 0 aliphatic carbocycles. The maximum absolute atomic E-state index is 10.7. The zero-order chi connectivity index (χ0) is 8.53. The van der Waals surface area contributed by atoms with Crippen LogP contribution in [0.1, 0.15) is 39.5 Å². The molecule has 0 fully saturated rings. The third-order valence-electron chi connectivity index (χ3n) is 1.21. The number of carbonyl (C=O) groups excluding carboxylic acids is 1. The average molecular weight is 156 g/mol. The summed E-state index contributed by atoms with van der Waals surface area (Å²) in [4.78, 5) is 10.7. The van der Waals surface area contributed by atoms with Gasteiger partial charge in [0.2, 0.25) is 0 Å². The molecule has 0 aliphatic heterocycles. The van der Waals surface area contributed by atoms with Gasteiger partial charge < -0.3 is 4.74 Å². The van der Waals surface area contributed by atoms with Crippen LogP contribution in [0.15, 0.2) is 12.3 Å². The van der Waals surface area contributed by atoms with Crippen molar-refractivity contribution in [1.29, 1.82) is 0 Å². The molecule has 0 aliphatic rings. The summed E-state index contributed by atoms with van der Waals surface area (Å²) in [5.74, 6) is -0.139. The molecule has 0 unspecified atom stereocenters. The molecule has 64 valence electrons. The third-order valence-corrected chi connectivity index (χ3v) is 1.21. The van der Waals surface area contributed by atoms with Gasteiger partial charge in [0.25, 0.3) is 0 Å². The van der Waals surface area contributed by atoms with E-state index in [1.54, 1.807) is 0 Å². The van der Waals surface area contributed by atoms with Crippen molar-refractivity contribution in [2.24, 2.45) is 0 Å². The Morgan fingerprint density at radius 3 is 2.64 bits per heavy atom. The molecule has 2 heteroatoms. The van der Waals surface area contributed by atoms with Crippen LogP contribution >= 0.6 is 0 Å². The predicted molar refractivity (Wildman–Crippen MR) is 45.0 cm³/mol. The van der Waals surface area contributed by atoms with Crippen molar-refractivity contribution in [2.75, 3.05) is 0 Å². The Morgan fingerprint density at radius 2 is 2.09 bits per heavy atom. The number of unbranched alkanes of at least 4 members (excludes halogenated alkanes) is 1. The second kappa shape index (κ2) is 7.32. The molecule has 0 N–H and O–H groups in total. The standard InChI is InChI=1S/C9H16O2/c1-3-5-6-8-11-9(10)7-4-2/h6,8H,3-5,7H2,1-2H3.